The summed E-state index contributed by atoms with van der Waals surface area (Å²) in [5, 5.41) is 9.52. The lowest BCUT2D eigenvalue weighted by Gasteiger charge is -2.13. The van der Waals surface area contributed by atoms with E-state index in [9.17, 15) is 23.1 Å². The first-order valence-electron chi connectivity index (χ1n) is 5.40. The summed E-state index contributed by atoms with van der Waals surface area (Å²) in [7, 11) is 0. The molecule has 1 N–H and O–H groups in total. The van der Waals surface area contributed by atoms with Crippen molar-refractivity contribution < 1.29 is 27.8 Å². The molecule has 2 aromatic rings. The van der Waals surface area contributed by atoms with Crippen molar-refractivity contribution >= 4 is 6.29 Å². The van der Waals surface area contributed by atoms with Crippen LogP contribution in [0.3, 0.4) is 0 Å². The van der Waals surface area contributed by atoms with Crippen molar-refractivity contribution in [3.05, 3.63) is 42.2 Å². The Morgan fingerprint density at radius 2 is 1.95 bits per heavy atom. The van der Waals surface area contributed by atoms with Gasteiger partial charge in [-0.15, -0.1) is 13.2 Å². The van der Waals surface area contributed by atoms with E-state index in [0.29, 0.717) is 6.29 Å². The molecule has 0 amide bonds. The second-order valence-corrected chi connectivity index (χ2v) is 3.79. The Morgan fingerprint density at radius 3 is 2.55 bits per heavy atom. The van der Waals surface area contributed by atoms with Crippen LogP contribution >= 0.6 is 0 Å². The number of hydrogen-bond acceptors (Lipinski definition) is 4. The van der Waals surface area contributed by atoms with Gasteiger partial charge < -0.3 is 9.84 Å². The SMILES string of the molecule is O=Cc1ncc(-c2ccccc2OC(F)(F)F)cc1O. The lowest BCUT2D eigenvalue weighted by molar-refractivity contribution is -0.274. The van der Waals surface area contributed by atoms with Gasteiger partial charge in [0.1, 0.15) is 17.2 Å². The van der Waals surface area contributed by atoms with Gasteiger partial charge in [-0.25, -0.2) is 4.98 Å². The van der Waals surface area contributed by atoms with Gasteiger partial charge in [-0.3, -0.25) is 4.79 Å². The van der Waals surface area contributed by atoms with E-state index < -0.39 is 17.9 Å². The molecule has 2 rings (SSSR count). The van der Waals surface area contributed by atoms with Crippen LogP contribution in [0.15, 0.2) is 36.5 Å². The first kappa shape index (κ1) is 13.9. The average Bonchev–Trinajstić information content (AvgIpc) is 2.37. The summed E-state index contributed by atoms with van der Waals surface area (Å²) in [6.45, 7) is 0. The van der Waals surface area contributed by atoms with Crippen molar-refractivity contribution in [2.45, 2.75) is 6.36 Å². The second kappa shape index (κ2) is 5.20. The number of alkyl halides is 3. The molecule has 0 aliphatic heterocycles. The molecular formula is C13H8F3NO3. The van der Waals surface area contributed by atoms with Gasteiger partial charge in [-0.05, 0) is 12.1 Å². The van der Waals surface area contributed by atoms with Crippen molar-refractivity contribution in [1.29, 1.82) is 0 Å². The molecule has 7 heteroatoms. The van der Waals surface area contributed by atoms with Gasteiger partial charge in [0.05, 0.1) is 0 Å². The van der Waals surface area contributed by atoms with Crippen LogP contribution in [-0.2, 0) is 0 Å². The molecule has 4 nitrogen and oxygen atoms in total. The summed E-state index contributed by atoms with van der Waals surface area (Å²) >= 11 is 0. The number of para-hydroxylation sites is 1. The number of aldehydes is 1. The highest BCUT2D eigenvalue weighted by Gasteiger charge is 2.32. The molecule has 0 fully saturated rings. The zero-order chi connectivity index (χ0) is 14.8. The van der Waals surface area contributed by atoms with Crippen LogP contribution in [0.2, 0.25) is 0 Å². The minimum absolute atomic E-state index is 0.102. The monoisotopic (exact) mass is 283 g/mol. The van der Waals surface area contributed by atoms with Gasteiger partial charge in [0, 0.05) is 17.3 Å². The van der Waals surface area contributed by atoms with E-state index >= 15 is 0 Å². The molecule has 1 aromatic carbocycles. The number of halogens is 3. The van der Waals surface area contributed by atoms with E-state index in [1.165, 1.54) is 24.4 Å². The molecule has 104 valence electrons. The Balaban J connectivity index is 2.47. The van der Waals surface area contributed by atoms with Crippen LogP contribution in [0.25, 0.3) is 11.1 Å². The summed E-state index contributed by atoms with van der Waals surface area (Å²) in [5.41, 5.74) is 0.112. The third-order valence-electron chi connectivity index (χ3n) is 2.43. The molecular weight excluding hydrogens is 275 g/mol. The molecule has 0 atom stereocenters. The normalized spacial score (nSPS) is 11.2. The molecule has 0 bridgehead atoms. The number of ether oxygens (including phenoxy) is 1. The van der Waals surface area contributed by atoms with E-state index in [2.05, 4.69) is 9.72 Å². The Morgan fingerprint density at radius 1 is 1.25 bits per heavy atom. The largest absolute Gasteiger partial charge is 0.573 e. The van der Waals surface area contributed by atoms with Crippen LogP contribution in [0, 0.1) is 0 Å². The topological polar surface area (TPSA) is 59.4 Å². The number of aromatic nitrogens is 1. The predicted molar refractivity (Wildman–Crippen MR) is 63.4 cm³/mol. The van der Waals surface area contributed by atoms with Crippen LogP contribution in [0.5, 0.6) is 11.5 Å². The number of carbonyl (C=O) groups is 1. The number of benzene rings is 1. The van der Waals surface area contributed by atoms with Crippen molar-refractivity contribution in [2.75, 3.05) is 0 Å². The van der Waals surface area contributed by atoms with Gasteiger partial charge in [0.25, 0.3) is 0 Å². The van der Waals surface area contributed by atoms with Crippen molar-refractivity contribution in [3.8, 4) is 22.6 Å². The maximum absolute atomic E-state index is 12.3. The molecule has 1 heterocycles. The minimum atomic E-state index is -4.83. The Hall–Kier alpha value is -2.57. The fraction of sp³-hybridized carbons (Fsp3) is 0.0769. The lowest BCUT2D eigenvalue weighted by Crippen LogP contribution is -2.17. The highest BCUT2D eigenvalue weighted by molar-refractivity contribution is 5.79. The Labute approximate surface area is 111 Å². The third kappa shape index (κ3) is 3.05. The molecule has 20 heavy (non-hydrogen) atoms. The lowest BCUT2D eigenvalue weighted by atomic mass is 10.1. The number of rotatable bonds is 3. The van der Waals surface area contributed by atoms with E-state index in [0.717, 1.165) is 12.1 Å². The Kier molecular flexibility index (Phi) is 3.60. The summed E-state index contributed by atoms with van der Waals surface area (Å²) < 4.78 is 40.8. The van der Waals surface area contributed by atoms with E-state index in [1.807, 2.05) is 0 Å². The van der Waals surface area contributed by atoms with Crippen LogP contribution in [0.4, 0.5) is 13.2 Å². The van der Waals surface area contributed by atoms with E-state index in [4.69, 9.17) is 0 Å². The maximum atomic E-state index is 12.3. The highest BCUT2D eigenvalue weighted by Crippen LogP contribution is 2.34. The number of carbonyl (C=O) groups excluding carboxylic acids is 1. The molecule has 0 spiro atoms. The summed E-state index contributed by atoms with van der Waals surface area (Å²) in [6.07, 6.45) is -3.30. The molecule has 1 aromatic heterocycles. The summed E-state index contributed by atoms with van der Waals surface area (Å²) in [6, 6.07) is 6.59. The predicted octanol–water partition coefficient (Wildman–Crippen LogP) is 3.17. The van der Waals surface area contributed by atoms with Gasteiger partial charge in [0.2, 0.25) is 0 Å². The van der Waals surface area contributed by atoms with Crippen molar-refractivity contribution in [3.63, 3.8) is 0 Å². The molecule has 0 unspecified atom stereocenters. The smallest absolute Gasteiger partial charge is 0.506 e. The third-order valence-corrected chi connectivity index (χ3v) is 2.43. The summed E-state index contributed by atoms with van der Waals surface area (Å²) in [4.78, 5) is 14.2. The second-order valence-electron chi connectivity index (χ2n) is 3.79. The van der Waals surface area contributed by atoms with Crippen LogP contribution in [-0.4, -0.2) is 22.7 Å². The number of nitrogens with zero attached hydrogens (tertiary/aromatic N) is 1. The number of hydrogen-bond donors (Lipinski definition) is 1. The van der Waals surface area contributed by atoms with Crippen molar-refractivity contribution in [2.24, 2.45) is 0 Å². The fourth-order valence-corrected chi connectivity index (χ4v) is 1.62. The van der Waals surface area contributed by atoms with Crippen LogP contribution in [0.1, 0.15) is 10.5 Å². The molecule has 0 saturated heterocycles. The number of aromatic hydroxyl groups is 1. The maximum Gasteiger partial charge on any atom is 0.573 e. The quantitative estimate of drug-likeness (QED) is 0.879. The summed E-state index contributed by atoms with van der Waals surface area (Å²) in [5.74, 6) is -0.834. The zero-order valence-corrected chi connectivity index (χ0v) is 9.89. The van der Waals surface area contributed by atoms with Gasteiger partial charge in [-0.1, -0.05) is 18.2 Å². The number of pyridine rings is 1. The van der Waals surface area contributed by atoms with Gasteiger partial charge in [0.15, 0.2) is 6.29 Å². The molecule has 0 aliphatic rings. The highest BCUT2D eigenvalue weighted by atomic mass is 19.4. The van der Waals surface area contributed by atoms with Crippen LogP contribution < -0.4 is 4.74 Å². The van der Waals surface area contributed by atoms with E-state index in [1.54, 1.807) is 0 Å². The first-order chi connectivity index (χ1) is 9.40. The fourth-order valence-electron chi connectivity index (χ4n) is 1.62. The van der Waals surface area contributed by atoms with E-state index in [-0.39, 0.29) is 16.8 Å². The standard InChI is InChI=1S/C13H8F3NO3/c14-13(15,16)20-12-4-2-1-3-9(12)8-5-11(19)10(7-18)17-6-8/h1-7,19H. The Bertz CT molecular complexity index is 641. The molecule has 0 saturated carbocycles. The average molecular weight is 283 g/mol. The van der Waals surface area contributed by atoms with Gasteiger partial charge in [-0.2, -0.15) is 0 Å². The van der Waals surface area contributed by atoms with Crippen molar-refractivity contribution in [1.82, 2.24) is 4.98 Å². The molecule has 0 aliphatic carbocycles. The van der Waals surface area contributed by atoms with Gasteiger partial charge >= 0.3 is 6.36 Å². The zero-order valence-electron chi connectivity index (χ0n) is 9.89. The first-order valence-corrected chi connectivity index (χ1v) is 5.40. The minimum Gasteiger partial charge on any atom is -0.506 e. The molecule has 0 radical (unpaired) electrons.